The van der Waals surface area contributed by atoms with Crippen LogP contribution in [0.25, 0.3) is 0 Å². The Morgan fingerprint density at radius 2 is 2.06 bits per heavy atom. The molecule has 3 atom stereocenters. The predicted octanol–water partition coefficient (Wildman–Crippen LogP) is 2.45. The van der Waals surface area contributed by atoms with Gasteiger partial charge in [-0.1, -0.05) is 20.3 Å². The molecule has 0 aliphatic heterocycles. The first-order chi connectivity index (χ1) is 8.36. The average Bonchev–Trinajstić information content (AvgIpc) is 2.66. The highest BCUT2D eigenvalue weighted by Gasteiger charge is 2.22. The Hall–Kier alpha value is -1.29. The SMILES string of the molecule is CCC(C)C(N)C(=O)NC(C)c1cc(C)oc1C. The van der Waals surface area contributed by atoms with Gasteiger partial charge in [-0.3, -0.25) is 4.79 Å². The lowest BCUT2D eigenvalue weighted by molar-refractivity contribution is -0.124. The van der Waals surface area contributed by atoms with Crippen molar-refractivity contribution in [2.24, 2.45) is 11.7 Å². The van der Waals surface area contributed by atoms with Crippen LogP contribution >= 0.6 is 0 Å². The molecule has 0 aliphatic rings. The van der Waals surface area contributed by atoms with E-state index >= 15 is 0 Å². The zero-order chi connectivity index (χ0) is 13.9. The molecular formula is C14H24N2O2. The fourth-order valence-electron chi connectivity index (χ4n) is 1.98. The van der Waals surface area contributed by atoms with Crippen molar-refractivity contribution in [3.05, 3.63) is 23.2 Å². The molecule has 1 aromatic rings. The lowest BCUT2D eigenvalue weighted by atomic mass is 9.98. The zero-order valence-electron chi connectivity index (χ0n) is 11.9. The molecule has 102 valence electrons. The van der Waals surface area contributed by atoms with Crippen LogP contribution < -0.4 is 11.1 Å². The minimum atomic E-state index is -0.453. The third kappa shape index (κ3) is 3.35. The van der Waals surface area contributed by atoms with Gasteiger partial charge in [0.05, 0.1) is 12.1 Å². The van der Waals surface area contributed by atoms with Crippen molar-refractivity contribution >= 4 is 5.91 Å². The zero-order valence-corrected chi connectivity index (χ0v) is 11.9. The Bertz CT molecular complexity index is 412. The molecule has 0 spiro atoms. The first-order valence-corrected chi connectivity index (χ1v) is 6.49. The Kier molecular flexibility index (Phi) is 4.96. The number of aryl methyl sites for hydroxylation is 2. The van der Waals surface area contributed by atoms with Gasteiger partial charge in [0.15, 0.2) is 0 Å². The summed E-state index contributed by atoms with van der Waals surface area (Å²) in [6.07, 6.45) is 0.896. The van der Waals surface area contributed by atoms with E-state index in [1.807, 2.05) is 40.7 Å². The molecule has 0 saturated heterocycles. The lowest BCUT2D eigenvalue weighted by Gasteiger charge is -2.20. The second-order valence-corrected chi connectivity index (χ2v) is 5.01. The number of nitrogens with one attached hydrogen (secondary N) is 1. The van der Waals surface area contributed by atoms with E-state index in [1.165, 1.54) is 0 Å². The summed E-state index contributed by atoms with van der Waals surface area (Å²) in [6.45, 7) is 9.76. The Balaban J connectivity index is 2.67. The molecule has 3 N–H and O–H groups in total. The third-order valence-electron chi connectivity index (χ3n) is 3.46. The first-order valence-electron chi connectivity index (χ1n) is 6.49. The second kappa shape index (κ2) is 6.05. The molecule has 0 aromatic carbocycles. The highest BCUT2D eigenvalue weighted by Crippen LogP contribution is 2.21. The van der Waals surface area contributed by atoms with Gasteiger partial charge in [-0.05, 0) is 32.8 Å². The summed E-state index contributed by atoms with van der Waals surface area (Å²) in [7, 11) is 0. The van der Waals surface area contributed by atoms with Crippen LogP contribution in [0.4, 0.5) is 0 Å². The molecule has 0 bridgehead atoms. The van der Waals surface area contributed by atoms with Gasteiger partial charge in [-0.2, -0.15) is 0 Å². The largest absolute Gasteiger partial charge is 0.466 e. The molecule has 1 aromatic heterocycles. The van der Waals surface area contributed by atoms with Gasteiger partial charge in [0.2, 0.25) is 5.91 Å². The minimum Gasteiger partial charge on any atom is -0.466 e. The van der Waals surface area contributed by atoms with E-state index in [4.69, 9.17) is 10.2 Å². The van der Waals surface area contributed by atoms with Crippen LogP contribution in [0.2, 0.25) is 0 Å². The number of nitrogens with two attached hydrogens (primary N) is 1. The lowest BCUT2D eigenvalue weighted by Crippen LogP contribution is -2.45. The molecule has 18 heavy (non-hydrogen) atoms. The number of furan rings is 1. The molecule has 0 radical (unpaired) electrons. The van der Waals surface area contributed by atoms with Gasteiger partial charge in [-0.15, -0.1) is 0 Å². The standard InChI is InChI=1S/C14H24N2O2/c1-6-8(2)13(15)14(17)16-10(4)12-7-9(3)18-11(12)5/h7-8,10,13H,6,15H2,1-5H3,(H,16,17). The highest BCUT2D eigenvalue weighted by molar-refractivity contribution is 5.82. The van der Waals surface area contributed by atoms with E-state index in [1.54, 1.807) is 0 Å². The predicted molar refractivity (Wildman–Crippen MR) is 72.2 cm³/mol. The fraction of sp³-hybridized carbons (Fsp3) is 0.643. The van der Waals surface area contributed by atoms with Crippen molar-refractivity contribution in [1.82, 2.24) is 5.32 Å². The third-order valence-corrected chi connectivity index (χ3v) is 3.46. The number of hydrogen-bond acceptors (Lipinski definition) is 3. The van der Waals surface area contributed by atoms with Crippen LogP contribution in [0.15, 0.2) is 10.5 Å². The van der Waals surface area contributed by atoms with Gasteiger partial charge in [0.25, 0.3) is 0 Å². The van der Waals surface area contributed by atoms with Crippen LogP contribution in [0.5, 0.6) is 0 Å². The molecule has 4 nitrogen and oxygen atoms in total. The van der Waals surface area contributed by atoms with E-state index in [0.29, 0.717) is 0 Å². The molecule has 0 fully saturated rings. The van der Waals surface area contributed by atoms with Crippen LogP contribution in [0.1, 0.15) is 50.3 Å². The number of hydrogen-bond donors (Lipinski definition) is 2. The summed E-state index contributed by atoms with van der Waals surface area (Å²) in [5.41, 5.74) is 6.92. The van der Waals surface area contributed by atoms with Gasteiger partial charge < -0.3 is 15.5 Å². The van der Waals surface area contributed by atoms with Gasteiger partial charge in [0.1, 0.15) is 11.5 Å². The van der Waals surface area contributed by atoms with Crippen molar-refractivity contribution in [3.63, 3.8) is 0 Å². The van der Waals surface area contributed by atoms with Gasteiger partial charge in [0, 0.05) is 5.56 Å². The molecule has 4 heteroatoms. The van der Waals surface area contributed by atoms with Crippen LogP contribution in [0, 0.1) is 19.8 Å². The molecule has 1 rings (SSSR count). The van der Waals surface area contributed by atoms with Crippen molar-refractivity contribution in [3.8, 4) is 0 Å². The smallest absolute Gasteiger partial charge is 0.237 e. The summed E-state index contributed by atoms with van der Waals surface area (Å²) in [6, 6.07) is 1.42. The number of carbonyl (C=O) groups is 1. The molecule has 1 heterocycles. The maximum atomic E-state index is 12.0. The van der Waals surface area contributed by atoms with E-state index in [-0.39, 0.29) is 17.9 Å². The Morgan fingerprint density at radius 1 is 1.44 bits per heavy atom. The molecule has 0 aliphatic carbocycles. The summed E-state index contributed by atoms with van der Waals surface area (Å²) in [4.78, 5) is 12.0. The Labute approximate surface area is 109 Å². The summed E-state index contributed by atoms with van der Waals surface area (Å²) < 4.78 is 5.46. The molecule has 1 amide bonds. The minimum absolute atomic E-state index is 0.0787. The van der Waals surface area contributed by atoms with Crippen molar-refractivity contribution in [2.45, 2.75) is 53.1 Å². The summed E-state index contributed by atoms with van der Waals surface area (Å²) >= 11 is 0. The average molecular weight is 252 g/mol. The quantitative estimate of drug-likeness (QED) is 0.845. The van der Waals surface area contributed by atoms with E-state index in [9.17, 15) is 4.79 Å². The number of amides is 1. The number of rotatable bonds is 5. The second-order valence-electron chi connectivity index (χ2n) is 5.01. The maximum Gasteiger partial charge on any atom is 0.237 e. The van der Waals surface area contributed by atoms with Crippen molar-refractivity contribution < 1.29 is 9.21 Å². The monoisotopic (exact) mass is 252 g/mol. The van der Waals surface area contributed by atoms with Crippen molar-refractivity contribution in [1.29, 1.82) is 0 Å². The van der Waals surface area contributed by atoms with Crippen LogP contribution in [-0.2, 0) is 4.79 Å². The normalized spacial score (nSPS) is 16.1. The molecule has 0 saturated carbocycles. The summed E-state index contributed by atoms with van der Waals surface area (Å²) in [5.74, 6) is 1.78. The van der Waals surface area contributed by atoms with E-state index < -0.39 is 6.04 Å². The van der Waals surface area contributed by atoms with Crippen LogP contribution in [0.3, 0.4) is 0 Å². The van der Waals surface area contributed by atoms with Gasteiger partial charge >= 0.3 is 0 Å². The maximum absolute atomic E-state index is 12.0. The topological polar surface area (TPSA) is 68.3 Å². The van der Waals surface area contributed by atoms with Gasteiger partial charge in [-0.25, -0.2) is 0 Å². The van der Waals surface area contributed by atoms with E-state index in [2.05, 4.69) is 5.32 Å². The fourth-order valence-corrected chi connectivity index (χ4v) is 1.98. The summed E-state index contributed by atoms with van der Waals surface area (Å²) in [5, 5.41) is 2.94. The van der Waals surface area contributed by atoms with Crippen LogP contribution in [-0.4, -0.2) is 11.9 Å². The van der Waals surface area contributed by atoms with E-state index in [0.717, 1.165) is 23.5 Å². The molecule has 3 unspecified atom stereocenters. The highest BCUT2D eigenvalue weighted by atomic mass is 16.3. The number of carbonyl (C=O) groups excluding carboxylic acids is 1. The first kappa shape index (κ1) is 14.8. The Morgan fingerprint density at radius 3 is 2.50 bits per heavy atom. The molecular weight excluding hydrogens is 228 g/mol. The van der Waals surface area contributed by atoms with Crippen molar-refractivity contribution in [2.75, 3.05) is 0 Å².